The summed E-state index contributed by atoms with van der Waals surface area (Å²) in [4.78, 5) is 0. The van der Waals surface area contributed by atoms with Crippen molar-refractivity contribution in [2.45, 2.75) is 116 Å². The average molecular weight is 291 g/mol. The van der Waals surface area contributed by atoms with E-state index in [-0.39, 0.29) is 14.9 Å². The van der Waals surface area contributed by atoms with Crippen molar-refractivity contribution in [2.75, 3.05) is 0 Å². The molecule has 0 fully saturated rings. The summed E-state index contributed by atoms with van der Waals surface area (Å²) < 4.78 is 0. The molecule has 0 saturated heterocycles. The van der Waals surface area contributed by atoms with Gasteiger partial charge in [0.25, 0.3) is 0 Å². The summed E-state index contributed by atoms with van der Waals surface area (Å²) in [6.45, 7) is 20.2. The molecule has 0 amide bonds. The Morgan fingerprint density at radius 1 is 0.550 bits per heavy atom. The molecule has 0 heteroatoms. The third-order valence-corrected chi connectivity index (χ3v) is 2.82. The van der Waals surface area contributed by atoms with Crippen molar-refractivity contribution in [3.8, 4) is 0 Å². The number of hydrogen-bond donors (Lipinski definition) is 0. The Bertz CT molecular complexity index is 111. The van der Waals surface area contributed by atoms with Gasteiger partial charge in [0.2, 0.25) is 0 Å². The van der Waals surface area contributed by atoms with Crippen LogP contribution in [0.1, 0.15) is 116 Å². The van der Waals surface area contributed by atoms with Crippen LogP contribution in [-0.2, 0) is 0 Å². The van der Waals surface area contributed by atoms with E-state index in [4.69, 9.17) is 0 Å². The van der Waals surface area contributed by atoms with Gasteiger partial charge < -0.3 is 0 Å². The molecule has 0 spiro atoms. The highest BCUT2D eigenvalue weighted by atomic mass is 13.9. The highest BCUT2D eigenvalue weighted by Crippen LogP contribution is 2.04. The van der Waals surface area contributed by atoms with Crippen molar-refractivity contribution in [3.63, 3.8) is 0 Å². The Morgan fingerprint density at radius 3 is 0.950 bits per heavy atom. The summed E-state index contributed by atoms with van der Waals surface area (Å²) in [6, 6.07) is 0. The molecule has 0 aliphatic rings. The third-order valence-electron chi connectivity index (χ3n) is 2.82. The van der Waals surface area contributed by atoms with Gasteiger partial charge in [-0.3, -0.25) is 0 Å². The van der Waals surface area contributed by atoms with Crippen molar-refractivity contribution < 1.29 is 0 Å². The van der Waals surface area contributed by atoms with Crippen molar-refractivity contribution in [1.29, 1.82) is 0 Å². The van der Waals surface area contributed by atoms with Gasteiger partial charge in [-0.1, -0.05) is 116 Å². The largest absolute Gasteiger partial charge is 0.0776 e. The fraction of sp³-hybridized carbons (Fsp3) is 1.00. The minimum absolute atomic E-state index is 0. The van der Waals surface area contributed by atoms with Crippen molar-refractivity contribution in [3.05, 3.63) is 0 Å². The fourth-order valence-corrected chi connectivity index (χ4v) is 1.19. The molecule has 0 radical (unpaired) electrons. The first-order valence-electron chi connectivity index (χ1n) is 8.31. The van der Waals surface area contributed by atoms with E-state index in [2.05, 4.69) is 62.3 Å². The van der Waals surface area contributed by atoms with Gasteiger partial charge in [0.05, 0.1) is 0 Å². The number of hydrogen-bond acceptors (Lipinski definition) is 0. The molecule has 20 heavy (non-hydrogen) atoms. The molecule has 0 bridgehead atoms. The van der Waals surface area contributed by atoms with E-state index in [9.17, 15) is 0 Å². The van der Waals surface area contributed by atoms with Gasteiger partial charge in [0.15, 0.2) is 0 Å². The third kappa shape index (κ3) is 64.2. The zero-order chi connectivity index (χ0) is 15.0. The van der Waals surface area contributed by atoms with Crippen LogP contribution in [0.15, 0.2) is 0 Å². The second-order valence-corrected chi connectivity index (χ2v) is 6.52. The van der Waals surface area contributed by atoms with E-state index >= 15 is 0 Å². The number of rotatable bonds is 6. The van der Waals surface area contributed by atoms with Gasteiger partial charge in [-0.2, -0.15) is 0 Å². The molecular weight excluding hydrogens is 240 g/mol. The van der Waals surface area contributed by atoms with Crippen LogP contribution in [0.3, 0.4) is 0 Å². The number of unbranched alkanes of at least 4 members (excludes halogenated alkanes) is 1. The molecular formula is C20H50. The predicted octanol–water partition coefficient (Wildman–Crippen LogP) is 8.60. The van der Waals surface area contributed by atoms with Gasteiger partial charge in [-0.15, -0.1) is 0 Å². The van der Waals surface area contributed by atoms with E-state index in [1.54, 1.807) is 0 Å². The maximum Gasteiger partial charge on any atom is -0.0471 e. The van der Waals surface area contributed by atoms with E-state index in [0.717, 1.165) is 17.8 Å². The molecule has 0 heterocycles. The molecule has 0 aliphatic carbocycles. The normalized spacial score (nSPS) is 9.00. The van der Waals surface area contributed by atoms with Crippen molar-refractivity contribution >= 4 is 0 Å². The van der Waals surface area contributed by atoms with E-state index in [0.29, 0.717) is 0 Å². The first kappa shape index (κ1) is 32.1. The highest BCUT2D eigenvalue weighted by Gasteiger charge is 1.88. The van der Waals surface area contributed by atoms with Crippen LogP contribution in [0.2, 0.25) is 0 Å². The van der Waals surface area contributed by atoms with Gasteiger partial charge in [0.1, 0.15) is 0 Å². The van der Waals surface area contributed by atoms with E-state index < -0.39 is 0 Å². The van der Waals surface area contributed by atoms with Crippen molar-refractivity contribution in [1.82, 2.24) is 0 Å². The highest BCUT2D eigenvalue weighted by molar-refractivity contribution is 4.42. The summed E-state index contributed by atoms with van der Waals surface area (Å²) in [5, 5.41) is 0. The Kier molecular flexibility index (Phi) is 43.9. The maximum absolute atomic E-state index is 2.27. The van der Waals surface area contributed by atoms with E-state index in [1.807, 2.05) is 0 Å². The van der Waals surface area contributed by atoms with Crippen LogP contribution in [0.25, 0.3) is 0 Å². The second kappa shape index (κ2) is 27.4. The molecule has 0 atom stereocenters. The standard InChI is InChI=1S/C7H16.C6H14.C5H12.2CH4/c1-4-5-6-7(2)3;1-4-5-6(2)3;1-4-5(2)3;;/h7H,4-6H2,1-3H3;6H,4-5H2,1-3H3;5H,4H2,1-3H3;2*1H4. The molecule has 0 saturated carbocycles. The topological polar surface area (TPSA) is 0 Å². The minimum atomic E-state index is 0. The van der Waals surface area contributed by atoms with Crippen LogP contribution in [0, 0.1) is 17.8 Å². The fourth-order valence-electron chi connectivity index (χ4n) is 1.19. The first-order chi connectivity index (χ1) is 8.31. The maximum atomic E-state index is 2.27. The molecule has 0 rings (SSSR count). The lowest BCUT2D eigenvalue weighted by Gasteiger charge is -1.98. The molecule has 0 aliphatic heterocycles. The Labute approximate surface area is 134 Å². The van der Waals surface area contributed by atoms with Crippen LogP contribution in [0.4, 0.5) is 0 Å². The summed E-state index contributed by atoms with van der Waals surface area (Å²) >= 11 is 0. The van der Waals surface area contributed by atoms with Crippen LogP contribution in [0.5, 0.6) is 0 Å². The minimum Gasteiger partial charge on any atom is -0.0776 e. The van der Waals surface area contributed by atoms with Gasteiger partial charge in [0, 0.05) is 0 Å². The molecule has 0 unspecified atom stereocenters. The Hall–Kier alpha value is 0. The lowest BCUT2D eigenvalue weighted by molar-refractivity contribution is 0.550. The van der Waals surface area contributed by atoms with Crippen LogP contribution in [-0.4, -0.2) is 0 Å². The second-order valence-electron chi connectivity index (χ2n) is 6.52. The summed E-state index contributed by atoms with van der Waals surface area (Å²) in [7, 11) is 0. The zero-order valence-electron chi connectivity index (χ0n) is 15.0. The Morgan fingerprint density at radius 2 is 0.900 bits per heavy atom. The SMILES string of the molecule is C.C.CCC(C)C.CCCC(C)C.CCCCC(C)C. The van der Waals surface area contributed by atoms with Crippen LogP contribution >= 0.6 is 0 Å². The quantitative estimate of drug-likeness (QED) is 0.459. The lowest BCUT2D eigenvalue weighted by Crippen LogP contribution is -1.83. The summed E-state index contributed by atoms with van der Waals surface area (Å²) in [6.07, 6.45) is 8.16. The molecule has 0 aromatic rings. The van der Waals surface area contributed by atoms with Gasteiger partial charge in [-0.05, 0) is 17.8 Å². The monoisotopic (exact) mass is 290 g/mol. The lowest BCUT2D eigenvalue weighted by atomic mass is 10.1. The Balaban J connectivity index is -0.0000000543. The molecule has 130 valence electrons. The first-order valence-corrected chi connectivity index (χ1v) is 8.31. The van der Waals surface area contributed by atoms with Gasteiger partial charge >= 0.3 is 0 Å². The van der Waals surface area contributed by atoms with Gasteiger partial charge in [-0.25, -0.2) is 0 Å². The molecule has 0 N–H and O–H groups in total. The van der Waals surface area contributed by atoms with Crippen LogP contribution < -0.4 is 0 Å². The van der Waals surface area contributed by atoms with Crippen molar-refractivity contribution in [2.24, 2.45) is 17.8 Å². The summed E-state index contributed by atoms with van der Waals surface area (Å²) in [5.41, 5.74) is 0. The summed E-state index contributed by atoms with van der Waals surface area (Å²) in [5.74, 6) is 2.69. The molecule has 0 aromatic heterocycles. The smallest absolute Gasteiger partial charge is 0.0471 e. The molecule has 0 nitrogen and oxygen atoms in total. The predicted molar refractivity (Wildman–Crippen MR) is 103 cm³/mol. The van der Waals surface area contributed by atoms with E-state index in [1.165, 1.54) is 38.5 Å². The molecule has 0 aromatic carbocycles. The zero-order valence-corrected chi connectivity index (χ0v) is 15.0. The average Bonchev–Trinajstić information content (AvgIpc) is 2.27.